The summed E-state index contributed by atoms with van der Waals surface area (Å²) >= 11 is 2.25. The van der Waals surface area contributed by atoms with E-state index in [9.17, 15) is 4.79 Å². The van der Waals surface area contributed by atoms with E-state index < -0.39 is 0 Å². The van der Waals surface area contributed by atoms with Gasteiger partial charge in [-0.1, -0.05) is 6.07 Å². The molecule has 25 heavy (non-hydrogen) atoms. The number of pyridine rings is 1. The molecule has 0 bridgehead atoms. The van der Waals surface area contributed by atoms with Gasteiger partial charge in [-0.05, 0) is 71.1 Å². The lowest BCUT2D eigenvalue weighted by Crippen LogP contribution is -2.11. The Balaban J connectivity index is 1.63. The molecule has 1 amide bonds. The van der Waals surface area contributed by atoms with Crippen molar-refractivity contribution in [1.82, 2.24) is 9.97 Å². The molecule has 1 N–H and O–H groups in total. The summed E-state index contributed by atoms with van der Waals surface area (Å²) in [5, 5.41) is 2.85. The molecule has 2 heterocycles. The fraction of sp³-hybridized carbons (Fsp3) is 0. The normalized spacial score (nSPS) is 10.8. The highest BCUT2D eigenvalue weighted by atomic mass is 127. The average molecular weight is 441 g/mol. The molecule has 0 saturated carbocycles. The molecule has 122 valence electrons. The minimum absolute atomic E-state index is 0.214. The van der Waals surface area contributed by atoms with Gasteiger partial charge in [0.15, 0.2) is 5.58 Å². The highest BCUT2D eigenvalue weighted by Crippen LogP contribution is 2.27. The molecular weight excluding hydrogens is 429 g/mol. The Morgan fingerprint density at radius 3 is 2.80 bits per heavy atom. The number of fused-ring (bicyclic) bond motifs is 1. The number of hydrogen-bond donors (Lipinski definition) is 1. The molecule has 6 heteroatoms. The number of anilines is 1. The van der Waals surface area contributed by atoms with Gasteiger partial charge in [0, 0.05) is 27.2 Å². The number of halogens is 1. The second-order valence-electron chi connectivity index (χ2n) is 5.41. The third-order valence-electron chi connectivity index (χ3n) is 3.64. The summed E-state index contributed by atoms with van der Waals surface area (Å²) in [6.07, 6.45) is 3.16. The lowest BCUT2D eigenvalue weighted by Gasteiger charge is -2.04. The maximum Gasteiger partial charge on any atom is 0.257 e. The highest BCUT2D eigenvalue weighted by Gasteiger charge is 2.11. The Morgan fingerprint density at radius 2 is 2.00 bits per heavy atom. The molecule has 0 aliphatic carbocycles. The minimum atomic E-state index is -0.214. The molecule has 4 aromatic rings. The predicted octanol–water partition coefficient (Wildman–Crippen LogP) is 4.75. The summed E-state index contributed by atoms with van der Waals surface area (Å²) in [6, 6.07) is 16.8. The fourth-order valence-corrected chi connectivity index (χ4v) is 2.99. The van der Waals surface area contributed by atoms with E-state index in [1.165, 1.54) is 6.20 Å². The number of oxazole rings is 1. The Morgan fingerprint density at radius 1 is 1.08 bits per heavy atom. The standard InChI is InChI=1S/C19H12IN3O2/c20-14-5-1-3-12(9-14)19-23-16-10-15(6-7-17(16)25-19)22-18(24)13-4-2-8-21-11-13/h1-11H,(H,22,24). The lowest BCUT2D eigenvalue weighted by molar-refractivity contribution is 0.102. The van der Waals surface area contributed by atoms with Crippen molar-refractivity contribution in [3.05, 3.63) is 76.1 Å². The number of carbonyl (C=O) groups excluding carboxylic acids is 1. The molecular formula is C19H12IN3O2. The molecule has 0 aliphatic rings. The predicted molar refractivity (Wildman–Crippen MR) is 104 cm³/mol. The van der Waals surface area contributed by atoms with Gasteiger partial charge in [0.05, 0.1) is 5.56 Å². The zero-order valence-corrected chi connectivity index (χ0v) is 15.1. The molecule has 2 aromatic heterocycles. The number of rotatable bonds is 3. The number of aromatic nitrogens is 2. The van der Waals surface area contributed by atoms with Crippen LogP contribution >= 0.6 is 22.6 Å². The van der Waals surface area contributed by atoms with Crippen molar-refractivity contribution in [1.29, 1.82) is 0 Å². The van der Waals surface area contributed by atoms with E-state index in [1.54, 1.807) is 36.5 Å². The monoisotopic (exact) mass is 441 g/mol. The van der Waals surface area contributed by atoms with Gasteiger partial charge in [0.25, 0.3) is 5.91 Å². The van der Waals surface area contributed by atoms with Crippen LogP contribution < -0.4 is 5.32 Å². The van der Waals surface area contributed by atoms with E-state index in [0.717, 1.165) is 9.13 Å². The third-order valence-corrected chi connectivity index (χ3v) is 4.31. The largest absolute Gasteiger partial charge is 0.436 e. The molecule has 0 saturated heterocycles. The third kappa shape index (κ3) is 3.39. The number of benzene rings is 2. The van der Waals surface area contributed by atoms with E-state index in [0.29, 0.717) is 28.2 Å². The van der Waals surface area contributed by atoms with E-state index >= 15 is 0 Å². The summed E-state index contributed by atoms with van der Waals surface area (Å²) in [6.45, 7) is 0. The van der Waals surface area contributed by atoms with Gasteiger partial charge >= 0.3 is 0 Å². The minimum Gasteiger partial charge on any atom is -0.436 e. The number of hydrogen-bond acceptors (Lipinski definition) is 4. The van der Waals surface area contributed by atoms with Crippen molar-refractivity contribution in [2.75, 3.05) is 5.32 Å². The maximum absolute atomic E-state index is 12.2. The van der Waals surface area contributed by atoms with Gasteiger partial charge in [-0.25, -0.2) is 4.98 Å². The van der Waals surface area contributed by atoms with Crippen LogP contribution in [-0.4, -0.2) is 15.9 Å². The van der Waals surface area contributed by atoms with Crippen molar-refractivity contribution >= 4 is 45.3 Å². The highest BCUT2D eigenvalue weighted by molar-refractivity contribution is 14.1. The Kier molecular flexibility index (Phi) is 4.19. The van der Waals surface area contributed by atoms with Crippen molar-refractivity contribution in [2.45, 2.75) is 0 Å². The van der Waals surface area contributed by atoms with Crippen molar-refractivity contribution in [2.24, 2.45) is 0 Å². The zero-order valence-electron chi connectivity index (χ0n) is 12.9. The molecule has 0 spiro atoms. The smallest absolute Gasteiger partial charge is 0.257 e. The summed E-state index contributed by atoms with van der Waals surface area (Å²) in [7, 11) is 0. The van der Waals surface area contributed by atoms with Gasteiger partial charge in [0.2, 0.25) is 5.89 Å². The Labute approximate surface area is 157 Å². The van der Waals surface area contributed by atoms with E-state index in [2.05, 4.69) is 37.9 Å². The molecule has 0 atom stereocenters. The lowest BCUT2D eigenvalue weighted by atomic mass is 10.2. The second-order valence-corrected chi connectivity index (χ2v) is 6.65. The SMILES string of the molecule is O=C(Nc1ccc2oc(-c3cccc(I)c3)nc2c1)c1cccnc1. The Hall–Kier alpha value is -2.74. The summed E-state index contributed by atoms with van der Waals surface area (Å²) < 4.78 is 6.93. The molecule has 4 rings (SSSR count). The fourth-order valence-electron chi connectivity index (χ4n) is 2.45. The van der Waals surface area contributed by atoms with Crippen molar-refractivity contribution in [3.63, 3.8) is 0 Å². The number of nitrogens with zero attached hydrogens (tertiary/aromatic N) is 2. The first-order valence-corrected chi connectivity index (χ1v) is 8.65. The van der Waals surface area contributed by atoms with Crippen molar-refractivity contribution in [3.8, 4) is 11.5 Å². The van der Waals surface area contributed by atoms with Crippen LogP contribution in [0.25, 0.3) is 22.6 Å². The van der Waals surface area contributed by atoms with Crippen LogP contribution in [0, 0.1) is 3.57 Å². The van der Waals surface area contributed by atoms with Crippen LogP contribution in [0.1, 0.15) is 10.4 Å². The number of carbonyl (C=O) groups is 1. The number of nitrogens with one attached hydrogen (secondary N) is 1. The first-order chi connectivity index (χ1) is 12.2. The molecule has 5 nitrogen and oxygen atoms in total. The summed E-state index contributed by atoms with van der Waals surface area (Å²) in [5.74, 6) is 0.345. The van der Waals surface area contributed by atoms with Gasteiger partial charge in [-0.3, -0.25) is 9.78 Å². The molecule has 0 unspecified atom stereocenters. The van der Waals surface area contributed by atoms with Crippen LogP contribution in [0.4, 0.5) is 5.69 Å². The average Bonchev–Trinajstić information content (AvgIpc) is 3.06. The maximum atomic E-state index is 12.2. The van der Waals surface area contributed by atoms with Crippen LogP contribution in [0.15, 0.2) is 71.4 Å². The number of amides is 1. The van der Waals surface area contributed by atoms with Crippen LogP contribution in [-0.2, 0) is 0 Å². The first-order valence-electron chi connectivity index (χ1n) is 7.57. The van der Waals surface area contributed by atoms with Gasteiger partial charge < -0.3 is 9.73 Å². The molecule has 0 radical (unpaired) electrons. The van der Waals surface area contributed by atoms with Gasteiger partial charge in [0.1, 0.15) is 5.52 Å². The van der Waals surface area contributed by atoms with E-state index in [1.807, 2.05) is 24.3 Å². The van der Waals surface area contributed by atoms with Crippen LogP contribution in [0.5, 0.6) is 0 Å². The van der Waals surface area contributed by atoms with Gasteiger partial charge in [-0.2, -0.15) is 0 Å². The summed E-state index contributed by atoms with van der Waals surface area (Å²) in [5.41, 5.74) is 3.45. The van der Waals surface area contributed by atoms with Crippen LogP contribution in [0.3, 0.4) is 0 Å². The second kappa shape index (κ2) is 6.64. The van der Waals surface area contributed by atoms with E-state index in [-0.39, 0.29) is 5.91 Å². The quantitative estimate of drug-likeness (QED) is 0.466. The first kappa shape index (κ1) is 15.8. The van der Waals surface area contributed by atoms with Gasteiger partial charge in [-0.15, -0.1) is 0 Å². The van der Waals surface area contributed by atoms with Crippen LogP contribution in [0.2, 0.25) is 0 Å². The Bertz CT molecular complexity index is 1060. The molecule has 0 fully saturated rings. The molecule has 2 aromatic carbocycles. The van der Waals surface area contributed by atoms with Crippen molar-refractivity contribution < 1.29 is 9.21 Å². The topological polar surface area (TPSA) is 68.0 Å². The molecule has 0 aliphatic heterocycles. The summed E-state index contributed by atoms with van der Waals surface area (Å²) in [4.78, 5) is 20.7. The van der Waals surface area contributed by atoms with E-state index in [4.69, 9.17) is 4.42 Å². The zero-order chi connectivity index (χ0) is 17.2.